The summed E-state index contributed by atoms with van der Waals surface area (Å²) in [4.78, 5) is 13.4. The fourth-order valence-electron chi connectivity index (χ4n) is 4.01. The summed E-state index contributed by atoms with van der Waals surface area (Å²) < 4.78 is 37.4. The lowest BCUT2D eigenvalue weighted by atomic mass is 9.93. The van der Waals surface area contributed by atoms with Crippen LogP contribution in [0.4, 0.5) is 5.69 Å². The molecule has 0 saturated heterocycles. The van der Waals surface area contributed by atoms with Crippen LogP contribution in [0.25, 0.3) is 0 Å². The van der Waals surface area contributed by atoms with E-state index in [4.69, 9.17) is 9.47 Å². The van der Waals surface area contributed by atoms with E-state index >= 15 is 0 Å². The highest BCUT2D eigenvalue weighted by molar-refractivity contribution is 7.92. The standard InChI is InChI=1S/C25H36N2O5S/c1-9-23(27(33(8,29)30)19-11-10-12-20(14-19)31-6)25(28)26-18(5)22-15-21(16(2)3)24(32-7)13-17(22)4/h10-16,18,23H,9H2,1-8H3,(H,26,28). The zero-order valence-corrected chi connectivity index (χ0v) is 21.6. The molecule has 1 amide bonds. The fourth-order valence-corrected chi connectivity index (χ4v) is 5.21. The first-order valence-electron chi connectivity index (χ1n) is 11.1. The van der Waals surface area contributed by atoms with Crippen LogP contribution in [0.3, 0.4) is 0 Å². The normalized spacial score (nSPS) is 13.4. The Kier molecular flexibility index (Phi) is 8.77. The molecule has 2 atom stereocenters. The fraction of sp³-hybridized carbons (Fsp3) is 0.480. The molecule has 1 N–H and O–H groups in total. The Morgan fingerprint density at radius 1 is 1.06 bits per heavy atom. The maximum atomic E-state index is 13.4. The van der Waals surface area contributed by atoms with E-state index in [-0.39, 0.29) is 17.9 Å². The number of hydrogen-bond donors (Lipinski definition) is 1. The van der Waals surface area contributed by atoms with E-state index in [1.165, 1.54) is 7.11 Å². The van der Waals surface area contributed by atoms with Gasteiger partial charge in [0, 0.05) is 6.07 Å². The van der Waals surface area contributed by atoms with Gasteiger partial charge < -0.3 is 14.8 Å². The van der Waals surface area contributed by atoms with Crippen LogP contribution >= 0.6 is 0 Å². The number of carbonyl (C=O) groups excluding carboxylic acids is 1. The van der Waals surface area contributed by atoms with E-state index in [0.717, 1.165) is 33.0 Å². The van der Waals surface area contributed by atoms with Crippen LogP contribution in [-0.2, 0) is 14.8 Å². The summed E-state index contributed by atoms with van der Waals surface area (Å²) in [5, 5.41) is 3.03. The van der Waals surface area contributed by atoms with Crippen molar-refractivity contribution >= 4 is 21.6 Å². The number of ether oxygens (including phenoxy) is 2. The number of anilines is 1. The van der Waals surface area contributed by atoms with Crippen molar-refractivity contribution in [2.24, 2.45) is 0 Å². The molecule has 0 radical (unpaired) electrons. The number of rotatable bonds is 10. The molecular formula is C25H36N2O5S. The van der Waals surface area contributed by atoms with Crippen molar-refractivity contribution in [1.82, 2.24) is 5.32 Å². The van der Waals surface area contributed by atoms with Crippen LogP contribution in [0.15, 0.2) is 36.4 Å². The third-order valence-electron chi connectivity index (χ3n) is 5.70. The van der Waals surface area contributed by atoms with Crippen LogP contribution in [-0.4, -0.2) is 40.8 Å². The Hall–Kier alpha value is -2.74. The molecule has 0 aromatic heterocycles. The number of methoxy groups -OCH3 is 2. The second kappa shape index (κ2) is 10.9. The predicted molar refractivity (Wildman–Crippen MR) is 133 cm³/mol. The zero-order chi connectivity index (χ0) is 24.9. The molecule has 7 nitrogen and oxygen atoms in total. The Bertz CT molecular complexity index is 1080. The van der Waals surface area contributed by atoms with Gasteiger partial charge in [0.25, 0.3) is 0 Å². The summed E-state index contributed by atoms with van der Waals surface area (Å²) in [6, 6.07) is 9.51. The quantitative estimate of drug-likeness (QED) is 0.543. The first kappa shape index (κ1) is 26.5. The van der Waals surface area contributed by atoms with Gasteiger partial charge in [-0.1, -0.05) is 26.8 Å². The highest BCUT2D eigenvalue weighted by atomic mass is 32.2. The maximum absolute atomic E-state index is 13.4. The molecule has 2 unspecified atom stereocenters. The highest BCUT2D eigenvalue weighted by Gasteiger charge is 2.32. The Morgan fingerprint density at radius 2 is 1.73 bits per heavy atom. The summed E-state index contributed by atoms with van der Waals surface area (Å²) in [6.07, 6.45) is 1.41. The number of benzene rings is 2. The number of carbonyl (C=O) groups is 1. The lowest BCUT2D eigenvalue weighted by Crippen LogP contribution is -2.49. The van der Waals surface area contributed by atoms with Crippen molar-refractivity contribution in [1.29, 1.82) is 0 Å². The van der Waals surface area contributed by atoms with E-state index in [1.54, 1.807) is 38.3 Å². The van der Waals surface area contributed by atoms with Crippen molar-refractivity contribution in [3.05, 3.63) is 53.1 Å². The summed E-state index contributed by atoms with van der Waals surface area (Å²) in [5.41, 5.74) is 3.40. The molecule has 2 aromatic carbocycles. The van der Waals surface area contributed by atoms with E-state index in [1.807, 2.05) is 19.9 Å². The number of nitrogens with one attached hydrogen (secondary N) is 1. The molecule has 0 aliphatic rings. The molecular weight excluding hydrogens is 440 g/mol. The second-order valence-corrected chi connectivity index (χ2v) is 10.4. The van der Waals surface area contributed by atoms with Gasteiger partial charge >= 0.3 is 0 Å². The molecule has 0 bridgehead atoms. The SMILES string of the molecule is CCC(C(=O)NC(C)c1cc(C(C)C)c(OC)cc1C)N(c1cccc(OC)c1)S(C)(=O)=O. The third kappa shape index (κ3) is 6.19. The number of hydrogen-bond acceptors (Lipinski definition) is 5. The number of nitrogens with zero attached hydrogens (tertiary/aromatic N) is 1. The molecule has 0 heterocycles. The highest BCUT2D eigenvalue weighted by Crippen LogP contribution is 2.32. The zero-order valence-electron chi connectivity index (χ0n) is 20.8. The van der Waals surface area contributed by atoms with Gasteiger partial charge in [0.1, 0.15) is 17.5 Å². The molecule has 2 aromatic rings. The molecule has 0 spiro atoms. The van der Waals surface area contributed by atoms with Gasteiger partial charge in [0.2, 0.25) is 15.9 Å². The topological polar surface area (TPSA) is 84.9 Å². The smallest absolute Gasteiger partial charge is 0.244 e. The third-order valence-corrected chi connectivity index (χ3v) is 6.88. The first-order valence-corrected chi connectivity index (χ1v) is 12.9. The van der Waals surface area contributed by atoms with E-state index < -0.39 is 16.1 Å². The minimum atomic E-state index is -3.73. The summed E-state index contributed by atoms with van der Waals surface area (Å²) in [6.45, 7) is 9.85. The molecule has 33 heavy (non-hydrogen) atoms. The van der Waals surface area contributed by atoms with Crippen molar-refractivity contribution in [2.45, 2.75) is 59.0 Å². The average Bonchev–Trinajstić information content (AvgIpc) is 2.75. The number of amides is 1. The summed E-state index contributed by atoms with van der Waals surface area (Å²) >= 11 is 0. The Labute approximate surface area is 198 Å². The van der Waals surface area contributed by atoms with Crippen molar-refractivity contribution in [2.75, 3.05) is 24.8 Å². The molecule has 0 aliphatic carbocycles. The lowest BCUT2D eigenvalue weighted by molar-refractivity contribution is -0.122. The van der Waals surface area contributed by atoms with Gasteiger partial charge in [0.15, 0.2) is 0 Å². The monoisotopic (exact) mass is 476 g/mol. The average molecular weight is 477 g/mol. The molecule has 0 aliphatic heterocycles. The van der Waals surface area contributed by atoms with Gasteiger partial charge in [-0.05, 0) is 67.1 Å². The summed E-state index contributed by atoms with van der Waals surface area (Å²) in [5.74, 6) is 1.22. The largest absolute Gasteiger partial charge is 0.497 e. The molecule has 182 valence electrons. The number of sulfonamides is 1. The van der Waals surface area contributed by atoms with E-state index in [2.05, 4.69) is 25.2 Å². The van der Waals surface area contributed by atoms with Crippen molar-refractivity contribution in [3.63, 3.8) is 0 Å². The van der Waals surface area contributed by atoms with Crippen LogP contribution < -0.4 is 19.1 Å². The minimum absolute atomic E-state index is 0.249. The lowest BCUT2D eigenvalue weighted by Gasteiger charge is -2.31. The van der Waals surface area contributed by atoms with Crippen LogP contribution in [0.2, 0.25) is 0 Å². The number of aryl methyl sites for hydroxylation is 1. The Morgan fingerprint density at radius 3 is 2.24 bits per heavy atom. The van der Waals surface area contributed by atoms with Crippen LogP contribution in [0.5, 0.6) is 11.5 Å². The van der Waals surface area contributed by atoms with Crippen molar-refractivity contribution < 1.29 is 22.7 Å². The van der Waals surface area contributed by atoms with Crippen molar-refractivity contribution in [3.8, 4) is 11.5 Å². The van der Waals surface area contributed by atoms with Gasteiger partial charge in [0.05, 0.1) is 32.2 Å². The minimum Gasteiger partial charge on any atom is -0.497 e. The second-order valence-electron chi connectivity index (χ2n) is 8.52. The molecule has 8 heteroatoms. The van der Waals surface area contributed by atoms with Gasteiger partial charge in [-0.25, -0.2) is 8.42 Å². The molecule has 2 rings (SSSR count). The van der Waals surface area contributed by atoms with Crippen LogP contribution in [0, 0.1) is 6.92 Å². The molecule has 0 saturated carbocycles. The van der Waals surface area contributed by atoms with Crippen LogP contribution in [0.1, 0.15) is 62.8 Å². The summed E-state index contributed by atoms with van der Waals surface area (Å²) in [7, 11) is -0.574. The van der Waals surface area contributed by atoms with Gasteiger partial charge in [-0.15, -0.1) is 0 Å². The molecule has 0 fully saturated rings. The maximum Gasteiger partial charge on any atom is 0.244 e. The van der Waals surface area contributed by atoms with E-state index in [9.17, 15) is 13.2 Å². The van der Waals surface area contributed by atoms with Gasteiger partial charge in [-0.3, -0.25) is 9.10 Å². The Balaban J connectivity index is 2.40. The van der Waals surface area contributed by atoms with Gasteiger partial charge in [-0.2, -0.15) is 0 Å². The first-order chi connectivity index (χ1) is 15.4. The predicted octanol–water partition coefficient (Wildman–Crippen LogP) is 4.56. The van der Waals surface area contributed by atoms with E-state index in [0.29, 0.717) is 17.9 Å².